The molecule has 88 valence electrons. The Labute approximate surface area is 98.5 Å². The Kier molecular flexibility index (Phi) is 3.28. The molecule has 0 spiro atoms. The predicted molar refractivity (Wildman–Crippen MR) is 63.3 cm³/mol. The summed E-state index contributed by atoms with van der Waals surface area (Å²) < 4.78 is 0. The van der Waals surface area contributed by atoms with Gasteiger partial charge in [0.05, 0.1) is 12.2 Å². The number of thiophene rings is 1. The molecule has 2 rings (SSSR count). The number of primary amides is 1. The summed E-state index contributed by atoms with van der Waals surface area (Å²) in [6.07, 6.45) is 3.22. The number of amides is 1. The van der Waals surface area contributed by atoms with Crippen LogP contribution in [0.4, 0.5) is 0 Å². The maximum atomic E-state index is 10.9. The summed E-state index contributed by atoms with van der Waals surface area (Å²) in [7, 11) is 0. The fourth-order valence-corrected chi connectivity index (χ4v) is 2.68. The van der Waals surface area contributed by atoms with Crippen LogP contribution in [0.2, 0.25) is 0 Å². The van der Waals surface area contributed by atoms with Crippen molar-refractivity contribution in [2.75, 3.05) is 6.61 Å². The molecule has 16 heavy (non-hydrogen) atoms. The largest absolute Gasteiger partial charge is 0.394 e. The molecule has 1 amide bonds. The Morgan fingerprint density at radius 3 is 2.81 bits per heavy atom. The van der Waals surface area contributed by atoms with Crippen molar-refractivity contribution in [1.29, 1.82) is 0 Å². The molecule has 0 aromatic carbocycles. The minimum absolute atomic E-state index is 0.0864. The molecule has 1 saturated carbocycles. The molecule has 0 saturated heterocycles. The molecule has 1 aliphatic carbocycles. The average Bonchev–Trinajstić information content (AvgIpc) is 2.65. The van der Waals surface area contributed by atoms with Crippen molar-refractivity contribution < 1.29 is 9.90 Å². The molecule has 0 aliphatic heterocycles. The summed E-state index contributed by atoms with van der Waals surface area (Å²) in [5.74, 6) is -0.386. The lowest BCUT2D eigenvalue weighted by Crippen LogP contribution is -2.53. The third-order valence-corrected chi connectivity index (χ3v) is 4.13. The van der Waals surface area contributed by atoms with E-state index in [4.69, 9.17) is 5.73 Å². The quantitative estimate of drug-likeness (QED) is 0.714. The number of hydrogen-bond donors (Lipinski definition) is 3. The van der Waals surface area contributed by atoms with Gasteiger partial charge in [0.15, 0.2) is 0 Å². The lowest BCUT2D eigenvalue weighted by molar-refractivity contribution is 0.0874. The Morgan fingerprint density at radius 1 is 1.62 bits per heavy atom. The summed E-state index contributed by atoms with van der Waals surface area (Å²) >= 11 is 1.52. The molecular weight excluding hydrogens is 224 g/mol. The van der Waals surface area contributed by atoms with E-state index in [0.29, 0.717) is 12.1 Å². The van der Waals surface area contributed by atoms with Gasteiger partial charge in [0.2, 0.25) is 5.91 Å². The summed E-state index contributed by atoms with van der Waals surface area (Å²) in [5, 5.41) is 14.4. The monoisotopic (exact) mass is 240 g/mol. The van der Waals surface area contributed by atoms with Crippen LogP contribution in [0.1, 0.15) is 34.5 Å². The number of aliphatic hydroxyl groups excluding tert-OH is 1. The second-order valence-electron chi connectivity index (χ2n) is 4.31. The van der Waals surface area contributed by atoms with E-state index in [1.54, 1.807) is 5.38 Å². The molecule has 1 fully saturated rings. The predicted octanol–water partition coefficient (Wildman–Crippen LogP) is 0.852. The average molecular weight is 240 g/mol. The van der Waals surface area contributed by atoms with Gasteiger partial charge in [-0.2, -0.15) is 0 Å². The van der Waals surface area contributed by atoms with E-state index in [-0.39, 0.29) is 18.1 Å². The van der Waals surface area contributed by atoms with E-state index in [1.165, 1.54) is 17.8 Å². The first kappa shape index (κ1) is 11.6. The standard InChI is InChI=1S/C11H16N2O2S/c12-10(15)8-4-9(16-6-8)5-13-11(7-14)2-1-3-11/h4,6,13-14H,1-3,5,7H2,(H2,12,15). The zero-order valence-corrected chi connectivity index (χ0v) is 9.85. The van der Waals surface area contributed by atoms with E-state index in [2.05, 4.69) is 5.32 Å². The minimum Gasteiger partial charge on any atom is -0.394 e. The lowest BCUT2D eigenvalue weighted by Gasteiger charge is -2.41. The molecule has 1 aromatic heterocycles. The van der Waals surface area contributed by atoms with Gasteiger partial charge in [-0.15, -0.1) is 11.3 Å². The van der Waals surface area contributed by atoms with Crippen LogP contribution in [0.3, 0.4) is 0 Å². The Balaban J connectivity index is 1.91. The zero-order valence-electron chi connectivity index (χ0n) is 9.03. The van der Waals surface area contributed by atoms with Crippen molar-refractivity contribution in [1.82, 2.24) is 5.32 Å². The molecule has 0 radical (unpaired) electrons. The van der Waals surface area contributed by atoms with Gasteiger partial charge in [-0.3, -0.25) is 4.79 Å². The number of hydrogen-bond acceptors (Lipinski definition) is 4. The normalized spacial score (nSPS) is 18.1. The topological polar surface area (TPSA) is 75.4 Å². The highest BCUT2D eigenvalue weighted by Gasteiger charge is 2.35. The van der Waals surface area contributed by atoms with Crippen molar-refractivity contribution >= 4 is 17.2 Å². The summed E-state index contributed by atoms with van der Waals surface area (Å²) in [6, 6.07) is 1.81. The van der Waals surface area contributed by atoms with Gasteiger partial charge >= 0.3 is 0 Å². The number of nitrogens with one attached hydrogen (secondary N) is 1. The van der Waals surface area contributed by atoms with Crippen molar-refractivity contribution in [3.05, 3.63) is 21.9 Å². The maximum Gasteiger partial charge on any atom is 0.249 e. The number of rotatable bonds is 5. The number of aliphatic hydroxyl groups is 1. The zero-order chi connectivity index (χ0) is 11.6. The van der Waals surface area contributed by atoms with Gasteiger partial charge in [-0.1, -0.05) is 0 Å². The Morgan fingerprint density at radius 2 is 2.38 bits per heavy atom. The Hall–Kier alpha value is -0.910. The number of nitrogens with two attached hydrogens (primary N) is 1. The van der Waals surface area contributed by atoms with Crippen LogP contribution >= 0.6 is 11.3 Å². The first-order valence-corrected chi connectivity index (χ1v) is 6.26. The number of carbonyl (C=O) groups is 1. The van der Waals surface area contributed by atoms with Crippen LogP contribution in [0, 0.1) is 0 Å². The van der Waals surface area contributed by atoms with E-state index >= 15 is 0 Å². The summed E-state index contributed by atoms with van der Waals surface area (Å²) in [4.78, 5) is 12.0. The first-order valence-electron chi connectivity index (χ1n) is 5.38. The Bertz CT molecular complexity index is 380. The number of carbonyl (C=O) groups excluding carboxylic acids is 1. The van der Waals surface area contributed by atoms with Gasteiger partial charge in [0.1, 0.15) is 0 Å². The van der Waals surface area contributed by atoms with Crippen LogP contribution in [-0.4, -0.2) is 23.2 Å². The SMILES string of the molecule is NC(=O)c1csc(CNC2(CO)CCC2)c1. The molecular formula is C11H16N2O2S. The first-order chi connectivity index (χ1) is 7.65. The van der Waals surface area contributed by atoms with E-state index in [0.717, 1.165) is 17.7 Å². The maximum absolute atomic E-state index is 10.9. The van der Waals surface area contributed by atoms with Crippen molar-refractivity contribution in [3.63, 3.8) is 0 Å². The molecule has 1 aromatic rings. The molecule has 4 N–H and O–H groups in total. The van der Waals surface area contributed by atoms with Gasteiger partial charge in [0, 0.05) is 22.3 Å². The lowest BCUT2D eigenvalue weighted by atomic mass is 9.77. The van der Waals surface area contributed by atoms with Crippen molar-refractivity contribution in [3.8, 4) is 0 Å². The molecule has 0 unspecified atom stereocenters. The van der Waals surface area contributed by atoms with Crippen LogP contribution < -0.4 is 11.1 Å². The fourth-order valence-electron chi connectivity index (χ4n) is 1.87. The smallest absolute Gasteiger partial charge is 0.249 e. The summed E-state index contributed by atoms with van der Waals surface area (Å²) in [5.41, 5.74) is 5.66. The van der Waals surface area contributed by atoms with Crippen LogP contribution in [0.25, 0.3) is 0 Å². The van der Waals surface area contributed by atoms with Gasteiger partial charge in [-0.05, 0) is 25.3 Å². The van der Waals surface area contributed by atoms with Crippen molar-refractivity contribution in [2.24, 2.45) is 5.73 Å². The second-order valence-corrected chi connectivity index (χ2v) is 5.31. The minimum atomic E-state index is -0.386. The van der Waals surface area contributed by atoms with Crippen LogP contribution in [-0.2, 0) is 6.54 Å². The van der Waals surface area contributed by atoms with Crippen LogP contribution in [0.5, 0.6) is 0 Å². The van der Waals surface area contributed by atoms with Gasteiger partial charge in [0.25, 0.3) is 0 Å². The van der Waals surface area contributed by atoms with E-state index in [9.17, 15) is 9.90 Å². The fraction of sp³-hybridized carbons (Fsp3) is 0.545. The second kappa shape index (κ2) is 4.53. The summed E-state index contributed by atoms with van der Waals surface area (Å²) in [6.45, 7) is 0.875. The van der Waals surface area contributed by atoms with Crippen molar-refractivity contribution in [2.45, 2.75) is 31.3 Å². The highest BCUT2D eigenvalue weighted by molar-refractivity contribution is 7.10. The van der Waals surface area contributed by atoms with Crippen LogP contribution in [0.15, 0.2) is 11.4 Å². The molecule has 1 heterocycles. The highest BCUT2D eigenvalue weighted by Crippen LogP contribution is 2.31. The molecule has 1 aliphatic rings. The highest BCUT2D eigenvalue weighted by atomic mass is 32.1. The molecule has 0 atom stereocenters. The molecule has 5 heteroatoms. The van der Waals surface area contributed by atoms with Gasteiger partial charge in [-0.25, -0.2) is 0 Å². The molecule has 4 nitrogen and oxygen atoms in total. The third kappa shape index (κ3) is 2.26. The third-order valence-electron chi connectivity index (χ3n) is 3.19. The van der Waals surface area contributed by atoms with E-state index < -0.39 is 0 Å². The van der Waals surface area contributed by atoms with Gasteiger partial charge < -0.3 is 16.2 Å². The molecule has 0 bridgehead atoms. The van der Waals surface area contributed by atoms with E-state index in [1.807, 2.05) is 6.07 Å².